The van der Waals surface area contributed by atoms with Crippen molar-refractivity contribution in [3.8, 4) is 11.3 Å². The van der Waals surface area contributed by atoms with Gasteiger partial charge < -0.3 is 15.4 Å². The van der Waals surface area contributed by atoms with Crippen LogP contribution < -0.4 is 10.6 Å². The van der Waals surface area contributed by atoms with E-state index < -0.39 is 21.5 Å². The first kappa shape index (κ1) is 28.0. The summed E-state index contributed by atoms with van der Waals surface area (Å²) in [6.07, 6.45) is 6.26. The maximum Gasteiger partial charge on any atom is 0.407 e. The van der Waals surface area contributed by atoms with Crippen molar-refractivity contribution in [3.05, 3.63) is 72.7 Å². The number of hydrogen-bond acceptors (Lipinski definition) is 8. The smallest absolute Gasteiger partial charge is 0.407 e. The van der Waals surface area contributed by atoms with Crippen LogP contribution in [0.3, 0.4) is 0 Å². The summed E-state index contributed by atoms with van der Waals surface area (Å²) in [6.45, 7) is 8.42. The number of pyridine rings is 2. The molecule has 0 aliphatic heterocycles. The Morgan fingerprint density at radius 3 is 2.49 bits per heavy atom. The standard InChI is InChI=1S/C30H32N6O4S/c1-19-23(10-11-26-25(19)18-36(35-26)15-14-32-29(37)40-30(2,3)4)28-24-16-27(33-17-20(24)12-13-31-28)34-21-6-8-22(9-7-21)41(5,38)39/h6-13,16-18H,14-15H2,1-5H3,(H,32,37)(H,33,34). The first-order chi connectivity index (χ1) is 19.4. The summed E-state index contributed by atoms with van der Waals surface area (Å²) in [5.74, 6) is 0.614. The van der Waals surface area contributed by atoms with E-state index in [1.807, 2.05) is 62.8 Å². The molecule has 5 aromatic rings. The zero-order valence-corrected chi connectivity index (χ0v) is 24.4. The summed E-state index contributed by atoms with van der Waals surface area (Å²) in [5.41, 5.74) is 3.86. The molecule has 3 aromatic heterocycles. The molecule has 0 unspecified atom stereocenters. The number of aromatic nitrogens is 4. The van der Waals surface area contributed by atoms with Crippen LogP contribution >= 0.6 is 0 Å². The summed E-state index contributed by atoms with van der Waals surface area (Å²) in [6, 6.07) is 14.4. The Morgan fingerprint density at radius 2 is 1.78 bits per heavy atom. The minimum Gasteiger partial charge on any atom is -0.444 e. The van der Waals surface area contributed by atoms with E-state index in [0.717, 1.165) is 44.2 Å². The molecule has 0 saturated heterocycles. The number of fused-ring (bicyclic) bond motifs is 2. The normalized spacial score (nSPS) is 12.0. The average Bonchev–Trinajstić information content (AvgIpc) is 3.31. The van der Waals surface area contributed by atoms with Crippen LogP contribution in [0.25, 0.3) is 32.9 Å². The lowest BCUT2D eigenvalue weighted by molar-refractivity contribution is 0.0525. The fraction of sp³-hybridized carbons (Fsp3) is 0.267. The van der Waals surface area contributed by atoms with Crippen LogP contribution in [0.5, 0.6) is 0 Å². The average molecular weight is 573 g/mol. The predicted molar refractivity (Wildman–Crippen MR) is 160 cm³/mol. The molecule has 0 atom stereocenters. The van der Waals surface area contributed by atoms with Gasteiger partial charge in [0.05, 0.1) is 22.7 Å². The van der Waals surface area contributed by atoms with Crippen molar-refractivity contribution < 1.29 is 17.9 Å². The number of hydrogen-bond donors (Lipinski definition) is 2. The van der Waals surface area contributed by atoms with Crippen molar-refractivity contribution in [2.45, 2.75) is 44.7 Å². The minimum absolute atomic E-state index is 0.259. The highest BCUT2D eigenvalue weighted by atomic mass is 32.2. The second-order valence-electron chi connectivity index (χ2n) is 10.9. The quantitative estimate of drug-likeness (QED) is 0.257. The number of benzene rings is 2. The highest BCUT2D eigenvalue weighted by molar-refractivity contribution is 7.90. The summed E-state index contributed by atoms with van der Waals surface area (Å²) in [5, 5.41) is 13.6. The molecule has 0 aliphatic rings. The van der Waals surface area contributed by atoms with Crippen LogP contribution in [0.4, 0.5) is 16.3 Å². The van der Waals surface area contributed by atoms with Crippen molar-refractivity contribution in [2.75, 3.05) is 18.1 Å². The third kappa shape index (κ3) is 6.46. The maximum atomic E-state index is 12.0. The second kappa shape index (κ2) is 10.8. The summed E-state index contributed by atoms with van der Waals surface area (Å²) in [4.78, 5) is 21.5. The number of anilines is 2. The van der Waals surface area contributed by atoms with Crippen molar-refractivity contribution in [3.63, 3.8) is 0 Å². The predicted octanol–water partition coefficient (Wildman–Crippen LogP) is 5.63. The van der Waals surface area contributed by atoms with Gasteiger partial charge in [-0.25, -0.2) is 18.2 Å². The lowest BCUT2D eigenvalue weighted by atomic mass is 9.98. The molecule has 0 saturated carbocycles. The van der Waals surface area contributed by atoms with E-state index in [1.165, 1.54) is 6.26 Å². The van der Waals surface area contributed by atoms with E-state index in [2.05, 4.69) is 20.7 Å². The van der Waals surface area contributed by atoms with Gasteiger partial charge in [0, 0.05) is 58.8 Å². The third-order valence-corrected chi connectivity index (χ3v) is 7.60. The SMILES string of the molecule is Cc1c(-c2nccc3cnc(Nc4ccc(S(C)(=O)=O)cc4)cc23)ccc2nn(CCNC(=O)OC(C)(C)C)cc12. The van der Waals surface area contributed by atoms with E-state index in [-0.39, 0.29) is 4.90 Å². The van der Waals surface area contributed by atoms with E-state index in [0.29, 0.717) is 18.9 Å². The molecule has 0 fully saturated rings. The second-order valence-corrected chi connectivity index (χ2v) is 12.9. The molecule has 10 nitrogen and oxygen atoms in total. The van der Waals surface area contributed by atoms with Gasteiger partial charge in [-0.05, 0) is 75.7 Å². The van der Waals surface area contributed by atoms with Gasteiger partial charge in [-0.3, -0.25) is 9.67 Å². The van der Waals surface area contributed by atoms with E-state index in [1.54, 1.807) is 36.7 Å². The van der Waals surface area contributed by atoms with Gasteiger partial charge >= 0.3 is 6.09 Å². The molecule has 1 amide bonds. The van der Waals surface area contributed by atoms with Crippen LogP contribution in [-0.4, -0.2) is 52.7 Å². The highest BCUT2D eigenvalue weighted by Gasteiger charge is 2.17. The molecule has 212 valence electrons. The Labute approximate surface area is 238 Å². The summed E-state index contributed by atoms with van der Waals surface area (Å²) in [7, 11) is -3.27. The number of rotatable bonds is 7. The Bertz CT molecular complexity index is 1860. The Kier molecular flexibility index (Phi) is 7.39. The van der Waals surface area contributed by atoms with Crippen molar-refractivity contribution in [2.24, 2.45) is 0 Å². The number of carbonyl (C=O) groups is 1. The number of sulfone groups is 1. The number of carbonyl (C=O) groups excluding carboxylic acids is 1. The molecule has 2 aromatic carbocycles. The fourth-order valence-electron chi connectivity index (χ4n) is 4.52. The van der Waals surface area contributed by atoms with Gasteiger partial charge in [-0.1, -0.05) is 6.07 Å². The van der Waals surface area contributed by atoms with Gasteiger partial charge in [-0.2, -0.15) is 5.10 Å². The maximum absolute atomic E-state index is 12.0. The zero-order chi connectivity index (χ0) is 29.4. The monoisotopic (exact) mass is 572 g/mol. The summed E-state index contributed by atoms with van der Waals surface area (Å²) >= 11 is 0. The molecular formula is C30H32N6O4S. The lowest BCUT2D eigenvalue weighted by Crippen LogP contribution is -2.34. The molecule has 2 N–H and O–H groups in total. The Morgan fingerprint density at radius 1 is 1.02 bits per heavy atom. The van der Waals surface area contributed by atoms with E-state index in [4.69, 9.17) is 9.72 Å². The molecule has 5 rings (SSSR count). The fourth-order valence-corrected chi connectivity index (χ4v) is 5.15. The number of amides is 1. The number of nitrogens with zero attached hydrogens (tertiary/aromatic N) is 4. The van der Waals surface area contributed by atoms with Gasteiger partial charge in [0.25, 0.3) is 0 Å². The van der Waals surface area contributed by atoms with Gasteiger partial charge in [0.1, 0.15) is 11.4 Å². The van der Waals surface area contributed by atoms with Crippen LogP contribution in [0.15, 0.2) is 72.0 Å². The topological polar surface area (TPSA) is 128 Å². The molecular weight excluding hydrogens is 540 g/mol. The van der Waals surface area contributed by atoms with Gasteiger partial charge in [0.2, 0.25) is 0 Å². The van der Waals surface area contributed by atoms with Crippen molar-refractivity contribution in [1.82, 2.24) is 25.1 Å². The Balaban J connectivity index is 1.40. The first-order valence-corrected chi connectivity index (χ1v) is 15.0. The van der Waals surface area contributed by atoms with Gasteiger partial charge in [0.15, 0.2) is 9.84 Å². The molecule has 41 heavy (non-hydrogen) atoms. The largest absolute Gasteiger partial charge is 0.444 e. The molecule has 11 heteroatoms. The highest BCUT2D eigenvalue weighted by Crippen LogP contribution is 2.33. The number of aryl methyl sites for hydroxylation is 1. The molecule has 0 bridgehead atoms. The third-order valence-electron chi connectivity index (χ3n) is 6.47. The zero-order valence-electron chi connectivity index (χ0n) is 23.6. The molecule has 0 aliphatic carbocycles. The van der Waals surface area contributed by atoms with Crippen molar-refractivity contribution >= 4 is 49.1 Å². The number of ether oxygens (including phenoxy) is 1. The molecule has 0 spiro atoms. The molecule has 0 radical (unpaired) electrons. The van der Waals surface area contributed by atoms with Gasteiger partial charge in [-0.15, -0.1) is 0 Å². The first-order valence-electron chi connectivity index (χ1n) is 13.1. The number of nitrogens with one attached hydrogen (secondary N) is 2. The van der Waals surface area contributed by atoms with Crippen LogP contribution in [0, 0.1) is 6.92 Å². The van der Waals surface area contributed by atoms with Crippen LogP contribution in [0.2, 0.25) is 0 Å². The number of alkyl carbamates (subject to hydrolysis) is 1. The van der Waals surface area contributed by atoms with Crippen molar-refractivity contribution in [1.29, 1.82) is 0 Å². The molecule has 3 heterocycles. The van der Waals surface area contributed by atoms with Crippen LogP contribution in [-0.2, 0) is 21.1 Å². The summed E-state index contributed by atoms with van der Waals surface area (Å²) < 4.78 is 30.7. The van der Waals surface area contributed by atoms with Crippen LogP contribution in [0.1, 0.15) is 26.3 Å². The lowest BCUT2D eigenvalue weighted by Gasteiger charge is -2.19. The van der Waals surface area contributed by atoms with E-state index >= 15 is 0 Å². The Hall–Kier alpha value is -4.51. The minimum atomic E-state index is -3.27. The van der Waals surface area contributed by atoms with E-state index in [9.17, 15) is 13.2 Å².